The van der Waals surface area contributed by atoms with E-state index in [9.17, 15) is 4.79 Å². The van der Waals surface area contributed by atoms with Gasteiger partial charge in [0.2, 0.25) is 4.69 Å². The zero-order chi connectivity index (χ0) is 8.27. The molecule has 0 amide bonds. The van der Waals surface area contributed by atoms with E-state index in [4.69, 9.17) is 0 Å². The van der Waals surface area contributed by atoms with Crippen LogP contribution in [0.25, 0.3) is 0 Å². The van der Waals surface area contributed by atoms with E-state index in [0.717, 1.165) is 5.56 Å². The summed E-state index contributed by atoms with van der Waals surface area (Å²) in [4.78, 5) is 10.9. The first kappa shape index (κ1) is 8.47. The molecule has 1 aromatic carbocycles. The largest absolute Gasteiger partial charge is 0.286 e. The summed E-state index contributed by atoms with van der Waals surface area (Å²) in [5.74, 6) is -0.0452. The van der Waals surface area contributed by atoms with Gasteiger partial charge in [-0.2, -0.15) is 0 Å². The van der Waals surface area contributed by atoms with Crippen molar-refractivity contribution in [1.29, 1.82) is 0 Å². The predicted molar refractivity (Wildman–Crippen MR) is 48.8 cm³/mol. The molecule has 0 radical (unpaired) electrons. The van der Waals surface area contributed by atoms with E-state index < -0.39 is 0 Å². The normalized spacial score (nSPS) is 12.5. The first-order chi connectivity index (χ1) is 5.22. The third-order valence-electron chi connectivity index (χ3n) is 1.64. The summed E-state index contributed by atoms with van der Waals surface area (Å²) in [6.45, 7) is 1.88. The van der Waals surface area contributed by atoms with Gasteiger partial charge in [-0.25, -0.2) is 0 Å². The second-order valence-corrected chi connectivity index (χ2v) is 3.22. The van der Waals surface area contributed by atoms with E-state index in [1.165, 1.54) is 0 Å². The van der Waals surface area contributed by atoms with Crippen molar-refractivity contribution in [3.05, 3.63) is 35.9 Å². The Labute approximate surface area is 74.6 Å². The maximum Gasteiger partial charge on any atom is 0.204 e. The zero-order valence-electron chi connectivity index (χ0n) is 6.25. The lowest BCUT2D eigenvalue weighted by Gasteiger charge is -2.04. The molecule has 0 aromatic heterocycles. The van der Waals surface area contributed by atoms with Crippen LogP contribution in [0.3, 0.4) is 0 Å². The minimum absolute atomic E-state index is 0.0312. The molecule has 0 bridgehead atoms. The van der Waals surface area contributed by atoms with Crippen LogP contribution in [0.15, 0.2) is 30.3 Å². The van der Waals surface area contributed by atoms with Crippen molar-refractivity contribution in [1.82, 2.24) is 0 Å². The van der Waals surface area contributed by atoms with Gasteiger partial charge in [0.05, 0.1) is 5.92 Å². The van der Waals surface area contributed by atoms with Crippen molar-refractivity contribution in [2.75, 3.05) is 0 Å². The molecule has 0 fully saturated rings. The molecule has 0 heterocycles. The summed E-state index contributed by atoms with van der Waals surface area (Å²) in [6, 6.07) is 9.70. The van der Waals surface area contributed by atoms with Gasteiger partial charge in [0.25, 0.3) is 0 Å². The van der Waals surface area contributed by atoms with E-state index >= 15 is 0 Å². The van der Waals surface area contributed by atoms with Gasteiger partial charge >= 0.3 is 0 Å². The van der Waals surface area contributed by atoms with Crippen LogP contribution in [0, 0.1) is 0 Å². The molecule has 1 nitrogen and oxygen atoms in total. The van der Waals surface area contributed by atoms with Gasteiger partial charge in [-0.15, -0.1) is 0 Å². The topological polar surface area (TPSA) is 17.1 Å². The van der Waals surface area contributed by atoms with Crippen molar-refractivity contribution in [3.63, 3.8) is 0 Å². The molecule has 1 atom stereocenters. The smallest absolute Gasteiger partial charge is 0.204 e. The molecule has 0 spiro atoms. The maximum absolute atomic E-state index is 10.9. The Morgan fingerprint density at radius 3 is 2.36 bits per heavy atom. The van der Waals surface area contributed by atoms with Crippen LogP contribution in [-0.2, 0) is 4.79 Å². The molecule has 1 rings (SSSR count). The molecular weight excluding hydrogens is 204 g/mol. The van der Waals surface area contributed by atoms with Crippen molar-refractivity contribution >= 4 is 20.6 Å². The Balaban J connectivity index is 2.85. The molecule has 1 unspecified atom stereocenters. The van der Waals surface area contributed by atoms with Gasteiger partial charge in [0.1, 0.15) is 0 Å². The lowest BCUT2D eigenvalue weighted by molar-refractivity contribution is -0.111. The number of rotatable bonds is 2. The standard InChI is InChI=1S/C9H9BrO/c1-7(9(10)11)8-5-3-2-4-6-8/h2-7H,1H3. The van der Waals surface area contributed by atoms with Crippen LogP contribution >= 0.6 is 15.9 Å². The second-order valence-electron chi connectivity index (χ2n) is 2.44. The molecule has 1 aromatic rings. The van der Waals surface area contributed by atoms with E-state index in [1.807, 2.05) is 37.3 Å². The van der Waals surface area contributed by atoms with Crippen LogP contribution in [0.5, 0.6) is 0 Å². The van der Waals surface area contributed by atoms with Crippen LogP contribution in [0.1, 0.15) is 18.4 Å². The summed E-state index contributed by atoms with van der Waals surface area (Å²) in [6.07, 6.45) is 0. The summed E-state index contributed by atoms with van der Waals surface area (Å²) >= 11 is 2.94. The number of hydrogen-bond acceptors (Lipinski definition) is 1. The highest BCUT2D eigenvalue weighted by atomic mass is 79.9. The highest BCUT2D eigenvalue weighted by Crippen LogP contribution is 2.17. The monoisotopic (exact) mass is 212 g/mol. The van der Waals surface area contributed by atoms with E-state index in [0.29, 0.717) is 0 Å². The van der Waals surface area contributed by atoms with Crippen molar-refractivity contribution in [2.24, 2.45) is 0 Å². The Hall–Kier alpha value is -0.630. The van der Waals surface area contributed by atoms with Gasteiger partial charge in [-0.3, -0.25) is 4.79 Å². The maximum atomic E-state index is 10.9. The van der Waals surface area contributed by atoms with Gasteiger partial charge in [-0.1, -0.05) is 37.3 Å². The molecule has 0 saturated heterocycles. The Morgan fingerprint density at radius 2 is 1.91 bits per heavy atom. The fourth-order valence-electron chi connectivity index (χ4n) is 0.873. The fraction of sp³-hybridized carbons (Fsp3) is 0.222. The van der Waals surface area contributed by atoms with E-state index in [-0.39, 0.29) is 10.6 Å². The Bertz CT molecular complexity index is 243. The van der Waals surface area contributed by atoms with Crippen molar-refractivity contribution in [2.45, 2.75) is 12.8 Å². The van der Waals surface area contributed by atoms with Gasteiger partial charge < -0.3 is 0 Å². The minimum Gasteiger partial charge on any atom is -0.286 e. The SMILES string of the molecule is CC(C(=O)Br)c1ccccc1. The Kier molecular flexibility index (Phi) is 2.83. The summed E-state index contributed by atoms with van der Waals surface area (Å²) in [5.41, 5.74) is 1.05. The minimum atomic E-state index is -0.0452. The quantitative estimate of drug-likeness (QED) is 0.690. The first-order valence-electron chi connectivity index (χ1n) is 3.46. The molecule has 11 heavy (non-hydrogen) atoms. The average molecular weight is 213 g/mol. The molecule has 2 heteroatoms. The number of carbonyl (C=O) groups excluding carboxylic acids is 1. The molecule has 0 saturated carbocycles. The van der Waals surface area contributed by atoms with E-state index in [1.54, 1.807) is 0 Å². The first-order valence-corrected chi connectivity index (χ1v) is 4.25. The van der Waals surface area contributed by atoms with Gasteiger partial charge in [0, 0.05) is 0 Å². The highest BCUT2D eigenvalue weighted by molar-refractivity contribution is 9.18. The van der Waals surface area contributed by atoms with Gasteiger partial charge in [0.15, 0.2) is 0 Å². The molecule has 0 aliphatic heterocycles. The fourth-order valence-corrected chi connectivity index (χ4v) is 1.14. The van der Waals surface area contributed by atoms with Crippen LogP contribution in [0.2, 0.25) is 0 Å². The summed E-state index contributed by atoms with van der Waals surface area (Å²) in [7, 11) is 0. The summed E-state index contributed by atoms with van der Waals surface area (Å²) < 4.78 is 0.0312. The second kappa shape index (κ2) is 3.67. The number of halogens is 1. The molecule has 0 aliphatic carbocycles. The average Bonchev–Trinajstić information content (AvgIpc) is 2.05. The third kappa shape index (κ3) is 2.15. The molecule has 0 aliphatic rings. The lowest BCUT2D eigenvalue weighted by Crippen LogP contribution is -2.00. The third-order valence-corrected chi connectivity index (χ3v) is 2.33. The molecule has 0 N–H and O–H groups in total. The number of hydrogen-bond donors (Lipinski definition) is 0. The molecular formula is C9H9BrO. The van der Waals surface area contributed by atoms with E-state index in [2.05, 4.69) is 15.9 Å². The highest BCUT2D eigenvalue weighted by Gasteiger charge is 2.10. The number of carbonyl (C=O) groups is 1. The summed E-state index contributed by atoms with van der Waals surface area (Å²) in [5, 5.41) is 0. The van der Waals surface area contributed by atoms with Gasteiger partial charge in [-0.05, 0) is 21.5 Å². The van der Waals surface area contributed by atoms with Crippen LogP contribution in [-0.4, -0.2) is 4.69 Å². The lowest BCUT2D eigenvalue weighted by atomic mass is 10.0. The van der Waals surface area contributed by atoms with Crippen LogP contribution < -0.4 is 0 Å². The van der Waals surface area contributed by atoms with Crippen LogP contribution in [0.4, 0.5) is 0 Å². The van der Waals surface area contributed by atoms with Crippen molar-refractivity contribution in [3.8, 4) is 0 Å². The number of benzene rings is 1. The van der Waals surface area contributed by atoms with Crippen molar-refractivity contribution < 1.29 is 4.79 Å². The molecule has 58 valence electrons. The zero-order valence-corrected chi connectivity index (χ0v) is 7.84. The predicted octanol–water partition coefficient (Wildman–Crippen LogP) is 2.71. The Morgan fingerprint density at radius 1 is 1.36 bits per heavy atom.